The molecule has 0 saturated heterocycles. The molecule has 5 heteroatoms. The van der Waals surface area contributed by atoms with Crippen LogP contribution in [0.25, 0.3) is 0 Å². The minimum absolute atomic E-state index is 0.126. The van der Waals surface area contributed by atoms with Gasteiger partial charge >= 0.3 is 0 Å². The maximum Gasteiger partial charge on any atom is 0.246 e. The Hall–Kier alpha value is -2.30. The lowest BCUT2D eigenvalue weighted by molar-refractivity contribution is -0.116. The molecule has 1 amide bonds. The summed E-state index contributed by atoms with van der Waals surface area (Å²) >= 11 is 0. The largest absolute Gasteiger partial charge is 0.397 e. The Morgan fingerprint density at radius 2 is 2.05 bits per heavy atom. The molecule has 0 atom stereocenters. The summed E-state index contributed by atoms with van der Waals surface area (Å²) in [6.07, 6.45) is 0.921. The van der Waals surface area contributed by atoms with Crippen molar-refractivity contribution in [1.82, 2.24) is 9.78 Å². The molecule has 5 nitrogen and oxygen atoms in total. The van der Waals surface area contributed by atoms with E-state index in [2.05, 4.69) is 17.3 Å². The Morgan fingerprint density at radius 3 is 2.62 bits per heavy atom. The van der Waals surface area contributed by atoms with Crippen molar-refractivity contribution in [2.75, 3.05) is 11.1 Å². The molecule has 2 rings (SSSR count). The minimum Gasteiger partial charge on any atom is -0.397 e. The number of nitrogen functional groups attached to an aromatic ring is 1. The number of carbonyl (C=O) groups is 1. The molecule has 0 unspecified atom stereocenters. The van der Waals surface area contributed by atoms with E-state index in [0.717, 1.165) is 23.4 Å². The molecule has 3 N–H and O–H groups in total. The Labute approximate surface area is 125 Å². The fourth-order valence-electron chi connectivity index (χ4n) is 2.52. The van der Waals surface area contributed by atoms with Gasteiger partial charge in [0.05, 0.1) is 17.1 Å². The average molecular weight is 286 g/mol. The van der Waals surface area contributed by atoms with Gasteiger partial charge in [-0.3, -0.25) is 9.48 Å². The topological polar surface area (TPSA) is 72.9 Å². The number of benzene rings is 1. The zero-order chi connectivity index (χ0) is 15.6. The lowest BCUT2D eigenvalue weighted by Crippen LogP contribution is -2.21. The van der Waals surface area contributed by atoms with Gasteiger partial charge < -0.3 is 11.1 Å². The number of carbonyl (C=O) groups excluding carboxylic acids is 1. The third-order valence-electron chi connectivity index (χ3n) is 3.66. The number of rotatable bonds is 4. The molecule has 0 bridgehead atoms. The van der Waals surface area contributed by atoms with Gasteiger partial charge in [0.15, 0.2) is 0 Å². The highest BCUT2D eigenvalue weighted by atomic mass is 16.2. The summed E-state index contributed by atoms with van der Waals surface area (Å²) in [6, 6.07) is 5.58. The van der Waals surface area contributed by atoms with Crippen molar-refractivity contribution in [2.45, 2.75) is 40.7 Å². The van der Waals surface area contributed by atoms with Gasteiger partial charge in [0.1, 0.15) is 6.54 Å². The van der Waals surface area contributed by atoms with Crippen molar-refractivity contribution in [3.05, 3.63) is 40.7 Å². The molecule has 0 radical (unpaired) electrons. The molecule has 0 aliphatic rings. The van der Waals surface area contributed by atoms with E-state index in [0.29, 0.717) is 11.4 Å². The van der Waals surface area contributed by atoms with Crippen molar-refractivity contribution < 1.29 is 4.79 Å². The van der Waals surface area contributed by atoms with E-state index in [-0.39, 0.29) is 12.5 Å². The first-order valence-electron chi connectivity index (χ1n) is 7.11. The van der Waals surface area contributed by atoms with E-state index in [9.17, 15) is 4.79 Å². The van der Waals surface area contributed by atoms with E-state index in [1.54, 1.807) is 4.68 Å². The zero-order valence-corrected chi connectivity index (χ0v) is 13.0. The zero-order valence-electron chi connectivity index (χ0n) is 13.0. The first-order valence-corrected chi connectivity index (χ1v) is 7.11. The molecule has 0 saturated carbocycles. The average Bonchev–Trinajstić information content (AvgIpc) is 2.67. The predicted octanol–water partition coefficient (Wildman–Crippen LogP) is 2.59. The highest BCUT2D eigenvalue weighted by Crippen LogP contribution is 2.19. The van der Waals surface area contributed by atoms with Crippen LogP contribution in [0.5, 0.6) is 0 Å². The number of nitrogens with zero attached hydrogens (tertiary/aromatic N) is 2. The molecule has 21 heavy (non-hydrogen) atoms. The maximum absolute atomic E-state index is 12.2. The molecule has 1 heterocycles. The molecule has 1 aromatic carbocycles. The molecule has 0 fully saturated rings. The molecule has 0 aliphatic heterocycles. The summed E-state index contributed by atoms with van der Waals surface area (Å²) in [4.78, 5) is 12.2. The van der Waals surface area contributed by atoms with E-state index in [4.69, 9.17) is 5.73 Å². The molecular weight excluding hydrogens is 264 g/mol. The predicted molar refractivity (Wildman–Crippen MR) is 85.3 cm³/mol. The van der Waals surface area contributed by atoms with E-state index in [1.807, 2.05) is 39.0 Å². The molecule has 1 aromatic heterocycles. The first-order chi connectivity index (χ1) is 9.92. The van der Waals surface area contributed by atoms with Gasteiger partial charge in [-0.25, -0.2) is 0 Å². The number of nitrogens with two attached hydrogens (primary N) is 1. The van der Waals surface area contributed by atoms with E-state index < -0.39 is 0 Å². The van der Waals surface area contributed by atoms with Crippen LogP contribution >= 0.6 is 0 Å². The van der Waals surface area contributed by atoms with Crippen molar-refractivity contribution >= 4 is 17.3 Å². The second-order valence-corrected chi connectivity index (χ2v) is 5.30. The Bertz CT molecular complexity index is 673. The Kier molecular flexibility index (Phi) is 4.31. The van der Waals surface area contributed by atoms with Crippen LogP contribution in [0.15, 0.2) is 18.2 Å². The van der Waals surface area contributed by atoms with Crippen LogP contribution in [0.2, 0.25) is 0 Å². The molecule has 112 valence electrons. The second kappa shape index (κ2) is 5.99. The SMILES string of the molecule is CCc1c(C)nn(CC(=O)Nc2ccc(C)cc2N)c1C. The van der Waals surface area contributed by atoms with Crippen LogP contribution in [0.1, 0.15) is 29.4 Å². The summed E-state index contributed by atoms with van der Waals surface area (Å²) in [5, 5.41) is 7.26. The number of aryl methyl sites for hydroxylation is 2. The van der Waals surface area contributed by atoms with Crippen LogP contribution < -0.4 is 11.1 Å². The molecule has 0 aliphatic carbocycles. The third kappa shape index (κ3) is 3.24. The molecular formula is C16H22N4O. The van der Waals surface area contributed by atoms with Crippen LogP contribution in [-0.4, -0.2) is 15.7 Å². The fourth-order valence-corrected chi connectivity index (χ4v) is 2.52. The highest BCUT2D eigenvalue weighted by Gasteiger charge is 2.13. The molecule has 0 spiro atoms. The van der Waals surface area contributed by atoms with Crippen LogP contribution in [0.3, 0.4) is 0 Å². The van der Waals surface area contributed by atoms with Gasteiger partial charge in [0.25, 0.3) is 0 Å². The first kappa shape index (κ1) is 15.1. The minimum atomic E-state index is -0.126. The summed E-state index contributed by atoms with van der Waals surface area (Å²) in [5.41, 5.74) is 11.4. The Balaban J connectivity index is 2.12. The van der Waals surface area contributed by atoms with Gasteiger partial charge in [0, 0.05) is 5.69 Å². The summed E-state index contributed by atoms with van der Waals surface area (Å²) in [5.74, 6) is -0.126. The van der Waals surface area contributed by atoms with Crippen molar-refractivity contribution in [2.24, 2.45) is 0 Å². The standard InChI is InChI=1S/C16H22N4O/c1-5-13-11(3)19-20(12(13)4)9-16(21)18-15-7-6-10(2)8-14(15)17/h6-8H,5,9,17H2,1-4H3,(H,18,21). The summed E-state index contributed by atoms with van der Waals surface area (Å²) < 4.78 is 1.74. The quantitative estimate of drug-likeness (QED) is 0.848. The van der Waals surface area contributed by atoms with Crippen LogP contribution in [0, 0.1) is 20.8 Å². The number of hydrogen-bond donors (Lipinski definition) is 2. The third-order valence-corrected chi connectivity index (χ3v) is 3.66. The summed E-state index contributed by atoms with van der Waals surface area (Å²) in [6.45, 7) is 8.21. The lowest BCUT2D eigenvalue weighted by atomic mass is 10.1. The normalized spacial score (nSPS) is 10.7. The van der Waals surface area contributed by atoms with Gasteiger partial charge in [-0.15, -0.1) is 0 Å². The monoisotopic (exact) mass is 286 g/mol. The maximum atomic E-state index is 12.2. The lowest BCUT2D eigenvalue weighted by Gasteiger charge is -2.10. The number of aromatic nitrogens is 2. The smallest absolute Gasteiger partial charge is 0.246 e. The number of hydrogen-bond acceptors (Lipinski definition) is 3. The van der Waals surface area contributed by atoms with Gasteiger partial charge in [-0.05, 0) is 50.5 Å². The van der Waals surface area contributed by atoms with Crippen molar-refractivity contribution in [1.29, 1.82) is 0 Å². The second-order valence-electron chi connectivity index (χ2n) is 5.30. The van der Waals surface area contributed by atoms with Gasteiger partial charge in [-0.1, -0.05) is 13.0 Å². The fraction of sp³-hybridized carbons (Fsp3) is 0.375. The van der Waals surface area contributed by atoms with Crippen LogP contribution in [-0.2, 0) is 17.8 Å². The van der Waals surface area contributed by atoms with Crippen molar-refractivity contribution in [3.8, 4) is 0 Å². The van der Waals surface area contributed by atoms with Gasteiger partial charge in [0.2, 0.25) is 5.91 Å². The van der Waals surface area contributed by atoms with E-state index in [1.165, 1.54) is 5.56 Å². The van der Waals surface area contributed by atoms with Crippen molar-refractivity contribution in [3.63, 3.8) is 0 Å². The molecule has 2 aromatic rings. The Morgan fingerprint density at radius 1 is 1.33 bits per heavy atom. The summed E-state index contributed by atoms with van der Waals surface area (Å²) in [7, 11) is 0. The number of amides is 1. The van der Waals surface area contributed by atoms with Gasteiger partial charge in [-0.2, -0.15) is 5.10 Å². The highest BCUT2D eigenvalue weighted by molar-refractivity contribution is 5.93. The van der Waals surface area contributed by atoms with E-state index >= 15 is 0 Å². The number of nitrogens with one attached hydrogen (secondary N) is 1. The number of anilines is 2. The van der Waals surface area contributed by atoms with Crippen LogP contribution in [0.4, 0.5) is 11.4 Å².